The van der Waals surface area contributed by atoms with Gasteiger partial charge in [-0.1, -0.05) is 60.3 Å². The third-order valence-electron chi connectivity index (χ3n) is 6.94. The number of benzene rings is 3. The third kappa shape index (κ3) is 7.13. The maximum Gasteiger partial charge on any atom is 0.264 e. The summed E-state index contributed by atoms with van der Waals surface area (Å²) in [5.74, 6) is -1.61. The number of sulfonamides is 1. The maximum absolute atomic E-state index is 14.7. The van der Waals surface area contributed by atoms with Crippen LogP contribution in [-0.4, -0.2) is 43.8 Å². The molecule has 7 nitrogen and oxygen atoms in total. The van der Waals surface area contributed by atoms with Crippen LogP contribution in [0.5, 0.6) is 0 Å². The van der Waals surface area contributed by atoms with E-state index in [4.69, 9.17) is 23.2 Å². The largest absolute Gasteiger partial charge is 0.352 e. The molecule has 0 spiro atoms. The number of carbonyl (C=O) groups is 2. The van der Waals surface area contributed by atoms with Gasteiger partial charge in [0, 0.05) is 28.2 Å². The molecular weight excluding hydrogens is 576 g/mol. The number of carbonyl (C=O) groups excluding carboxylic acids is 2. The summed E-state index contributed by atoms with van der Waals surface area (Å²) >= 11 is 12.1. The lowest BCUT2D eigenvalue weighted by atomic mass is 10.1. The zero-order valence-corrected chi connectivity index (χ0v) is 24.2. The van der Waals surface area contributed by atoms with E-state index in [0.29, 0.717) is 5.02 Å². The zero-order valence-electron chi connectivity index (χ0n) is 21.9. The fraction of sp³-hybridized carbons (Fsp3) is 0.310. The van der Waals surface area contributed by atoms with Gasteiger partial charge in [0.05, 0.1) is 10.6 Å². The summed E-state index contributed by atoms with van der Waals surface area (Å²) in [6.07, 6.45) is 3.71. The van der Waals surface area contributed by atoms with Crippen LogP contribution in [0.2, 0.25) is 10.0 Å². The van der Waals surface area contributed by atoms with Gasteiger partial charge in [0.1, 0.15) is 18.4 Å². The van der Waals surface area contributed by atoms with Gasteiger partial charge in [-0.25, -0.2) is 12.8 Å². The molecule has 11 heteroatoms. The minimum absolute atomic E-state index is 0.00797. The number of amides is 2. The van der Waals surface area contributed by atoms with Crippen molar-refractivity contribution < 1.29 is 22.4 Å². The van der Waals surface area contributed by atoms with E-state index in [2.05, 4.69) is 5.32 Å². The lowest BCUT2D eigenvalue weighted by molar-refractivity contribution is -0.139. The molecular formula is C29H30Cl2FN3O4S. The summed E-state index contributed by atoms with van der Waals surface area (Å²) in [6, 6.07) is 16.6. The number of nitrogens with one attached hydrogen (secondary N) is 1. The SMILES string of the molecule is CC(C(=O)NC1CCCC1)N(Cc1ccccc1F)C(=O)CN(c1cccc(Cl)c1)S(=O)(=O)c1ccc(Cl)cc1. The molecule has 1 aliphatic carbocycles. The zero-order chi connectivity index (χ0) is 28.9. The Morgan fingerprint density at radius 2 is 1.65 bits per heavy atom. The van der Waals surface area contributed by atoms with E-state index in [0.717, 1.165) is 30.0 Å². The fourth-order valence-electron chi connectivity index (χ4n) is 4.68. The van der Waals surface area contributed by atoms with Crippen LogP contribution >= 0.6 is 23.2 Å². The van der Waals surface area contributed by atoms with Gasteiger partial charge in [-0.15, -0.1) is 0 Å². The van der Waals surface area contributed by atoms with Gasteiger partial charge >= 0.3 is 0 Å². The van der Waals surface area contributed by atoms with Gasteiger partial charge in [0.2, 0.25) is 11.8 Å². The van der Waals surface area contributed by atoms with Gasteiger partial charge in [0.15, 0.2) is 0 Å². The normalized spacial score (nSPS) is 14.5. The molecule has 1 saturated carbocycles. The Bertz CT molecular complexity index is 1460. The molecule has 0 saturated heterocycles. The van der Waals surface area contributed by atoms with Gasteiger partial charge in [0.25, 0.3) is 10.0 Å². The van der Waals surface area contributed by atoms with E-state index in [1.807, 2.05) is 0 Å². The molecule has 0 radical (unpaired) electrons. The van der Waals surface area contributed by atoms with Gasteiger partial charge in [-0.2, -0.15) is 0 Å². The quantitative estimate of drug-likeness (QED) is 0.316. The first-order valence-electron chi connectivity index (χ1n) is 12.9. The number of rotatable bonds is 10. The molecule has 212 valence electrons. The Morgan fingerprint density at radius 3 is 2.30 bits per heavy atom. The molecule has 0 aromatic heterocycles. The van der Waals surface area contributed by atoms with Crippen LogP contribution in [0.1, 0.15) is 38.2 Å². The summed E-state index contributed by atoms with van der Waals surface area (Å²) in [5.41, 5.74) is 0.357. The summed E-state index contributed by atoms with van der Waals surface area (Å²) in [6.45, 7) is 0.677. The van der Waals surface area contributed by atoms with Crippen molar-refractivity contribution >= 4 is 50.7 Å². The Hall–Kier alpha value is -3.14. The van der Waals surface area contributed by atoms with Crippen molar-refractivity contribution in [1.29, 1.82) is 0 Å². The maximum atomic E-state index is 14.7. The fourth-order valence-corrected chi connectivity index (χ4v) is 6.40. The van der Waals surface area contributed by atoms with E-state index >= 15 is 0 Å². The van der Waals surface area contributed by atoms with E-state index < -0.39 is 34.3 Å². The van der Waals surface area contributed by atoms with Crippen LogP contribution in [0, 0.1) is 5.82 Å². The van der Waals surface area contributed by atoms with Crippen molar-refractivity contribution in [3.63, 3.8) is 0 Å². The average Bonchev–Trinajstić information content (AvgIpc) is 3.44. The number of hydrogen-bond donors (Lipinski definition) is 1. The first-order valence-corrected chi connectivity index (χ1v) is 15.1. The second kappa shape index (κ2) is 13.0. The van der Waals surface area contributed by atoms with Crippen LogP contribution in [0.3, 0.4) is 0 Å². The molecule has 1 fully saturated rings. The van der Waals surface area contributed by atoms with E-state index in [1.54, 1.807) is 25.1 Å². The molecule has 3 aromatic rings. The number of nitrogens with zero attached hydrogens (tertiary/aromatic N) is 2. The molecule has 1 aliphatic rings. The first kappa shape index (κ1) is 29.8. The lowest BCUT2D eigenvalue weighted by Gasteiger charge is -2.32. The van der Waals surface area contributed by atoms with Crippen LogP contribution in [0.25, 0.3) is 0 Å². The second-order valence-electron chi connectivity index (χ2n) is 9.72. The summed E-state index contributed by atoms with van der Waals surface area (Å²) in [5, 5.41) is 3.60. The predicted octanol–water partition coefficient (Wildman–Crippen LogP) is 5.80. The third-order valence-corrected chi connectivity index (χ3v) is 9.22. The highest BCUT2D eigenvalue weighted by Gasteiger charge is 2.33. The summed E-state index contributed by atoms with van der Waals surface area (Å²) in [4.78, 5) is 28.2. The molecule has 0 heterocycles. The van der Waals surface area contributed by atoms with Crippen molar-refractivity contribution in [2.45, 2.75) is 56.1 Å². The number of halogens is 3. The van der Waals surface area contributed by atoms with Crippen LogP contribution in [0.15, 0.2) is 77.7 Å². The Morgan fingerprint density at radius 1 is 0.975 bits per heavy atom. The molecule has 2 amide bonds. The molecule has 0 aliphatic heterocycles. The van der Waals surface area contributed by atoms with Gasteiger partial charge < -0.3 is 10.2 Å². The lowest BCUT2D eigenvalue weighted by Crippen LogP contribution is -2.52. The first-order chi connectivity index (χ1) is 19.1. The van der Waals surface area contributed by atoms with E-state index in [9.17, 15) is 22.4 Å². The van der Waals surface area contributed by atoms with Crippen molar-refractivity contribution in [1.82, 2.24) is 10.2 Å². The minimum Gasteiger partial charge on any atom is -0.352 e. The highest BCUT2D eigenvalue weighted by Crippen LogP contribution is 2.28. The monoisotopic (exact) mass is 605 g/mol. The van der Waals surface area contributed by atoms with Crippen molar-refractivity contribution in [3.8, 4) is 0 Å². The predicted molar refractivity (Wildman–Crippen MR) is 154 cm³/mol. The molecule has 4 rings (SSSR count). The molecule has 1 atom stereocenters. The van der Waals surface area contributed by atoms with Crippen molar-refractivity contribution in [3.05, 3.63) is 94.2 Å². The standard InChI is InChI=1S/C29H30Cl2FN3O4S/c1-20(29(37)33-24-9-3-4-10-24)34(18-21-7-2-5-12-27(21)32)28(36)19-35(25-11-6-8-23(31)17-25)40(38,39)26-15-13-22(30)14-16-26/h2,5-8,11-17,20,24H,3-4,9-10,18-19H2,1H3,(H,33,37). The molecule has 1 N–H and O–H groups in total. The highest BCUT2D eigenvalue weighted by molar-refractivity contribution is 7.92. The van der Waals surface area contributed by atoms with E-state index in [1.165, 1.54) is 59.5 Å². The molecule has 3 aromatic carbocycles. The highest BCUT2D eigenvalue weighted by atomic mass is 35.5. The Kier molecular flexibility index (Phi) is 9.71. The molecule has 0 bridgehead atoms. The minimum atomic E-state index is -4.27. The molecule has 1 unspecified atom stereocenters. The summed E-state index contributed by atoms with van der Waals surface area (Å²) < 4.78 is 43.2. The number of anilines is 1. The average molecular weight is 607 g/mol. The van der Waals surface area contributed by atoms with Crippen LogP contribution in [-0.2, 0) is 26.2 Å². The van der Waals surface area contributed by atoms with Gasteiger partial charge in [-0.3, -0.25) is 13.9 Å². The van der Waals surface area contributed by atoms with Crippen molar-refractivity contribution in [2.75, 3.05) is 10.8 Å². The Labute approximate surface area is 243 Å². The second-order valence-corrected chi connectivity index (χ2v) is 12.5. The summed E-state index contributed by atoms with van der Waals surface area (Å²) in [7, 11) is -4.27. The molecule has 40 heavy (non-hydrogen) atoms. The number of hydrogen-bond acceptors (Lipinski definition) is 4. The topological polar surface area (TPSA) is 86.8 Å². The van der Waals surface area contributed by atoms with Crippen molar-refractivity contribution in [2.24, 2.45) is 0 Å². The van der Waals surface area contributed by atoms with Crippen LogP contribution < -0.4 is 9.62 Å². The smallest absolute Gasteiger partial charge is 0.264 e. The van der Waals surface area contributed by atoms with Gasteiger partial charge in [-0.05, 0) is 68.3 Å². The van der Waals surface area contributed by atoms with Crippen LogP contribution in [0.4, 0.5) is 10.1 Å². The Balaban J connectivity index is 1.69. The van der Waals surface area contributed by atoms with E-state index in [-0.39, 0.29) is 39.7 Å².